The van der Waals surface area contributed by atoms with Crippen LogP contribution in [0.15, 0.2) is 12.3 Å². The van der Waals surface area contributed by atoms with Crippen molar-refractivity contribution in [1.29, 1.82) is 0 Å². The zero-order valence-electron chi connectivity index (χ0n) is 12.0. The maximum absolute atomic E-state index is 4.39. The van der Waals surface area contributed by atoms with Gasteiger partial charge in [0, 0.05) is 48.8 Å². The van der Waals surface area contributed by atoms with Gasteiger partial charge in [-0.05, 0) is 40.7 Å². The molecular weight excluding hydrogens is 210 g/mol. The second kappa shape index (κ2) is 5.50. The summed E-state index contributed by atoms with van der Waals surface area (Å²) in [5.74, 6) is 0. The third kappa shape index (κ3) is 4.35. The molecule has 0 atom stereocenters. The molecular formula is C14H25N3. The average molecular weight is 235 g/mol. The predicted octanol–water partition coefficient (Wildman–Crippen LogP) is 2.73. The molecule has 0 aliphatic rings. The van der Waals surface area contributed by atoms with Crippen molar-refractivity contribution in [3.8, 4) is 0 Å². The molecule has 1 aromatic heterocycles. The Bertz CT molecular complexity index is 366. The van der Waals surface area contributed by atoms with E-state index in [-0.39, 0.29) is 5.54 Å². The zero-order valence-corrected chi connectivity index (χ0v) is 12.0. The summed E-state index contributed by atoms with van der Waals surface area (Å²) < 4.78 is 0. The summed E-state index contributed by atoms with van der Waals surface area (Å²) in [5.41, 5.74) is 3.74. The molecule has 1 rings (SSSR count). The molecule has 0 bridgehead atoms. The Morgan fingerprint density at radius 2 is 2.00 bits per heavy atom. The normalized spacial score (nSPS) is 11.6. The van der Waals surface area contributed by atoms with Crippen LogP contribution in [0, 0.1) is 6.92 Å². The SMILES string of the molecule is CCN(C)c1cc(C)ncc1CNC(C)(C)C. The number of hydrogen-bond donors (Lipinski definition) is 1. The molecule has 0 unspecified atom stereocenters. The van der Waals surface area contributed by atoms with E-state index in [4.69, 9.17) is 0 Å². The fourth-order valence-electron chi connectivity index (χ4n) is 1.60. The molecule has 0 radical (unpaired) electrons. The minimum absolute atomic E-state index is 0.132. The standard InChI is InChI=1S/C14H25N3/c1-7-17(6)13-8-11(2)15-9-12(13)10-16-14(3,4)5/h8-9,16H,7,10H2,1-6H3. The van der Waals surface area contributed by atoms with E-state index in [1.54, 1.807) is 0 Å². The van der Waals surface area contributed by atoms with Gasteiger partial charge in [-0.3, -0.25) is 4.98 Å². The topological polar surface area (TPSA) is 28.2 Å². The third-order valence-electron chi connectivity index (χ3n) is 2.79. The number of anilines is 1. The molecule has 0 saturated heterocycles. The zero-order chi connectivity index (χ0) is 13.1. The first-order chi connectivity index (χ1) is 7.83. The van der Waals surface area contributed by atoms with Crippen LogP contribution in [0.2, 0.25) is 0 Å². The highest BCUT2D eigenvalue weighted by Crippen LogP contribution is 2.20. The lowest BCUT2D eigenvalue weighted by Crippen LogP contribution is -2.35. The van der Waals surface area contributed by atoms with Gasteiger partial charge >= 0.3 is 0 Å². The Morgan fingerprint density at radius 3 is 2.53 bits per heavy atom. The Balaban J connectivity index is 2.90. The molecule has 0 amide bonds. The monoisotopic (exact) mass is 235 g/mol. The third-order valence-corrected chi connectivity index (χ3v) is 2.79. The maximum atomic E-state index is 4.39. The van der Waals surface area contributed by atoms with Crippen LogP contribution in [0.4, 0.5) is 5.69 Å². The molecule has 0 aliphatic carbocycles. The Hall–Kier alpha value is -1.09. The predicted molar refractivity (Wildman–Crippen MR) is 74.5 cm³/mol. The molecule has 3 heteroatoms. The minimum atomic E-state index is 0.132. The van der Waals surface area contributed by atoms with Crippen LogP contribution in [-0.2, 0) is 6.54 Å². The van der Waals surface area contributed by atoms with Gasteiger partial charge in [-0.15, -0.1) is 0 Å². The summed E-state index contributed by atoms with van der Waals surface area (Å²) in [6, 6.07) is 2.16. The van der Waals surface area contributed by atoms with E-state index < -0.39 is 0 Å². The summed E-state index contributed by atoms with van der Waals surface area (Å²) in [5, 5.41) is 3.51. The van der Waals surface area contributed by atoms with Crippen LogP contribution >= 0.6 is 0 Å². The highest BCUT2D eigenvalue weighted by molar-refractivity contribution is 5.52. The van der Waals surface area contributed by atoms with Crippen LogP contribution in [0.5, 0.6) is 0 Å². The van der Waals surface area contributed by atoms with Crippen LogP contribution in [-0.4, -0.2) is 24.1 Å². The second-order valence-corrected chi connectivity index (χ2v) is 5.57. The minimum Gasteiger partial charge on any atom is -0.375 e. The van der Waals surface area contributed by atoms with Crippen LogP contribution in [0.3, 0.4) is 0 Å². The lowest BCUT2D eigenvalue weighted by Gasteiger charge is -2.25. The highest BCUT2D eigenvalue weighted by Gasteiger charge is 2.12. The van der Waals surface area contributed by atoms with E-state index in [1.807, 2.05) is 13.1 Å². The quantitative estimate of drug-likeness (QED) is 0.869. The van der Waals surface area contributed by atoms with Crippen LogP contribution < -0.4 is 10.2 Å². The molecule has 0 spiro atoms. The van der Waals surface area contributed by atoms with Crippen LogP contribution in [0.25, 0.3) is 0 Å². The molecule has 0 fully saturated rings. The number of aryl methyl sites for hydroxylation is 1. The van der Waals surface area contributed by atoms with Crippen molar-refractivity contribution in [1.82, 2.24) is 10.3 Å². The number of pyridine rings is 1. The van der Waals surface area contributed by atoms with E-state index in [9.17, 15) is 0 Å². The van der Waals surface area contributed by atoms with Gasteiger partial charge in [-0.2, -0.15) is 0 Å². The molecule has 96 valence electrons. The van der Waals surface area contributed by atoms with Gasteiger partial charge < -0.3 is 10.2 Å². The van der Waals surface area contributed by atoms with Crippen molar-refractivity contribution in [2.24, 2.45) is 0 Å². The number of nitrogens with zero attached hydrogens (tertiary/aromatic N) is 2. The van der Waals surface area contributed by atoms with E-state index in [0.717, 1.165) is 18.8 Å². The van der Waals surface area contributed by atoms with Crippen molar-refractivity contribution in [2.75, 3.05) is 18.5 Å². The lowest BCUT2D eigenvalue weighted by molar-refractivity contribution is 0.424. The molecule has 3 nitrogen and oxygen atoms in total. The van der Waals surface area contributed by atoms with Crippen LogP contribution in [0.1, 0.15) is 39.0 Å². The van der Waals surface area contributed by atoms with Crippen molar-refractivity contribution in [2.45, 2.75) is 46.7 Å². The van der Waals surface area contributed by atoms with Gasteiger partial charge in [0.1, 0.15) is 0 Å². The summed E-state index contributed by atoms with van der Waals surface area (Å²) in [4.78, 5) is 6.65. The number of hydrogen-bond acceptors (Lipinski definition) is 3. The lowest BCUT2D eigenvalue weighted by atomic mass is 10.1. The molecule has 1 N–H and O–H groups in total. The number of nitrogens with one attached hydrogen (secondary N) is 1. The van der Waals surface area contributed by atoms with Gasteiger partial charge in [0.05, 0.1) is 0 Å². The Morgan fingerprint density at radius 1 is 1.35 bits per heavy atom. The van der Waals surface area contributed by atoms with Gasteiger partial charge in [0.15, 0.2) is 0 Å². The smallest absolute Gasteiger partial charge is 0.0442 e. The average Bonchev–Trinajstić information content (AvgIpc) is 2.25. The van der Waals surface area contributed by atoms with E-state index in [2.05, 4.69) is 56.0 Å². The van der Waals surface area contributed by atoms with Crippen molar-refractivity contribution in [3.05, 3.63) is 23.5 Å². The molecule has 0 aromatic carbocycles. The Labute approximate surface area is 105 Å². The largest absolute Gasteiger partial charge is 0.375 e. The Kier molecular flexibility index (Phi) is 4.52. The van der Waals surface area contributed by atoms with E-state index >= 15 is 0 Å². The molecule has 0 aliphatic heterocycles. The molecule has 1 aromatic rings. The molecule has 1 heterocycles. The fourth-order valence-corrected chi connectivity index (χ4v) is 1.60. The van der Waals surface area contributed by atoms with Crippen molar-refractivity contribution in [3.63, 3.8) is 0 Å². The van der Waals surface area contributed by atoms with Crippen molar-refractivity contribution < 1.29 is 0 Å². The van der Waals surface area contributed by atoms with Gasteiger partial charge in [0.25, 0.3) is 0 Å². The highest BCUT2D eigenvalue weighted by atomic mass is 15.1. The van der Waals surface area contributed by atoms with Gasteiger partial charge in [0.2, 0.25) is 0 Å². The fraction of sp³-hybridized carbons (Fsp3) is 0.643. The molecule has 17 heavy (non-hydrogen) atoms. The van der Waals surface area contributed by atoms with Gasteiger partial charge in [-0.1, -0.05) is 0 Å². The van der Waals surface area contributed by atoms with E-state index in [1.165, 1.54) is 11.3 Å². The summed E-state index contributed by atoms with van der Waals surface area (Å²) >= 11 is 0. The maximum Gasteiger partial charge on any atom is 0.0442 e. The summed E-state index contributed by atoms with van der Waals surface area (Å²) in [6.07, 6.45) is 1.98. The first kappa shape index (κ1) is 14.0. The number of rotatable bonds is 4. The number of aromatic nitrogens is 1. The summed E-state index contributed by atoms with van der Waals surface area (Å²) in [6.45, 7) is 12.6. The summed E-state index contributed by atoms with van der Waals surface area (Å²) in [7, 11) is 2.12. The first-order valence-electron chi connectivity index (χ1n) is 6.25. The van der Waals surface area contributed by atoms with Gasteiger partial charge in [-0.25, -0.2) is 0 Å². The first-order valence-corrected chi connectivity index (χ1v) is 6.25. The second-order valence-electron chi connectivity index (χ2n) is 5.57. The molecule has 0 saturated carbocycles. The van der Waals surface area contributed by atoms with E-state index in [0.29, 0.717) is 0 Å². The van der Waals surface area contributed by atoms with Crippen molar-refractivity contribution >= 4 is 5.69 Å².